The van der Waals surface area contributed by atoms with Gasteiger partial charge in [0, 0.05) is 19.6 Å². The fourth-order valence-electron chi connectivity index (χ4n) is 2.99. The summed E-state index contributed by atoms with van der Waals surface area (Å²) in [5.74, 6) is 1.78. The van der Waals surface area contributed by atoms with Crippen LogP contribution in [-0.4, -0.2) is 43.6 Å². The number of halogens is 1. The summed E-state index contributed by atoms with van der Waals surface area (Å²) in [5.41, 5.74) is 0.559. The van der Waals surface area contributed by atoms with Crippen molar-refractivity contribution in [1.29, 1.82) is 0 Å². The van der Waals surface area contributed by atoms with Crippen molar-refractivity contribution >= 4 is 18.3 Å². The molecule has 1 N–H and O–H groups in total. The number of nitrogens with one attached hydrogen (secondary N) is 1. The predicted molar refractivity (Wildman–Crippen MR) is 105 cm³/mol. The lowest BCUT2D eigenvalue weighted by molar-refractivity contribution is 0.0741. The molecule has 1 saturated heterocycles. The van der Waals surface area contributed by atoms with Crippen molar-refractivity contribution < 1.29 is 14.3 Å². The number of hydrogen-bond donors (Lipinski definition) is 1. The third kappa shape index (κ3) is 4.48. The molecular formula is C20H25ClN2O3. The summed E-state index contributed by atoms with van der Waals surface area (Å²) in [6.07, 6.45) is 0.971. The molecule has 1 aliphatic heterocycles. The summed E-state index contributed by atoms with van der Waals surface area (Å²) in [4.78, 5) is 14.7. The lowest BCUT2D eigenvalue weighted by Crippen LogP contribution is -2.38. The van der Waals surface area contributed by atoms with E-state index in [9.17, 15) is 4.79 Å². The highest BCUT2D eigenvalue weighted by Crippen LogP contribution is 2.33. The summed E-state index contributed by atoms with van der Waals surface area (Å²) in [5, 5.41) is 3.29. The smallest absolute Gasteiger partial charge is 0.257 e. The van der Waals surface area contributed by atoms with Crippen LogP contribution in [0.25, 0.3) is 0 Å². The van der Waals surface area contributed by atoms with Crippen LogP contribution in [0.2, 0.25) is 0 Å². The van der Waals surface area contributed by atoms with Gasteiger partial charge in [0.2, 0.25) is 0 Å². The second kappa shape index (κ2) is 9.46. The number of para-hydroxylation sites is 3. The number of ether oxygens (including phenoxy) is 2. The standard InChI is InChI=1S/C20H24N2O3.ClH/c1-3-24-18-10-6-7-11-19(18)25-17-9-5-4-8-16(17)20(23)22(2)15-12-13-21-14-15;/h4-11,15,21H,3,12-14H2,1-2H3;1H. The van der Waals surface area contributed by atoms with E-state index >= 15 is 0 Å². The minimum absolute atomic E-state index is 0. The van der Waals surface area contributed by atoms with Gasteiger partial charge in [0.1, 0.15) is 5.75 Å². The van der Waals surface area contributed by atoms with E-state index in [1.54, 1.807) is 11.0 Å². The molecule has 26 heavy (non-hydrogen) atoms. The van der Waals surface area contributed by atoms with Gasteiger partial charge in [0.25, 0.3) is 5.91 Å². The maximum Gasteiger partial charge on any atom is 0.257 e. The number of amides is 1. The zero-order valence-electron chi connectivity index (χ0n) is 15.1. The lowest BCUT2D eigenvalue weighted by atomic mass is 10.1. The Labute approximate surface area is 160 Å². The summed E-state index contributed by atoms with van der Waals surface area (Å²) in [6, 6.07) is 15.1. The van der Waals surface area contributed by atoms with Crippen LogP contribution in [0.1, 0.15) is 23.7 Å². The van der Waals surface area contributed by atoms with Gasteiger partial charge in [-0.1, -0.05) is 24.3 Å². The molecule has 6 heteroatoms. The molecule has 140 valence electrons. The molecule has 2 aromatic rings. The first-order chi connectivity index (χ1) is 12.2. The van der Waals surface area contributed by atoms with Crippen LogP contribution in [0.4, 0.5) is 0 Å². The largest absolute Gasteiger partial charge is 0.490 e. The van der Waals surface area contributed by atoms with Gasteiger partial charge in [0.15, 0.2) is 11.5 Å². The summed E-state index contributed by atoms with van der Waals surface area (Å²) in [6.45, 7) is 4.26. The Morgan fingerprint density at radius 2 is 1.77 bits per heavy atom. The van der Waals surface area contributed by atoms with Crippen LogP contribution in [0.5, 0.6) is 17.2 Å². The predicted octanol–water partition coefficient (Wildman–Crippen LogP) is 3.73. The number of carbonyl (C=O) groups is 1. The van der Waals surface area contributed by atoms with Crippen LogP contribution >= 0.6 is 12.4 Å². The first-order valence-electron chi connectivity index (χ1n) is 8.67. The van der Waals surface area contributed by atoms with E-state index in [1.807, 2.05) is 56.4 Å². The van der Waals surface area contributed by atoms with Gasteiger partial charge in [-0.2, -0.15) is 0 Å². The molecule has 0 aliphatic carbocycles. The molecule has 1 amide bonds. The van der Waals surface area contributed by atoms with Crippen LogP contribution in [0.15, 0.2) is 48.5 Å². The van der Waals surface area contributed by atoms with E-state index in [0.717, 1.165) is 19.5 Å². The van der Waals surface area contributed by atoms with Gasteiger partial charge in [0.05, 0.1) is 12.2 Å². The number of carbonyl (C=O) groups excluding carboxylic acids is 1. The van der Waals surface area contributed by atoms with Gasteiger partial charge in [-0.3, -0.25) is 4.79 Å². The summed E-state index contributed by atoms with van der Waals surface area (Å²) in [7, 11) is 1.85. The Morgan fingerprint density at radius 1 is 1.12 bits per heavy atom. The quantitative estimate of drug-likeness (QED) is 0.834. The number of likely N-dealkylation sites (N-methyl/N-ethyl adjacent to an activating group) is 1. The Morgan fingerprint density at radius 3 is 2.42 bits per heavy atom. The van der Waals surface area contributed by atoms with Crippen LogP contribution < -0.4 is 14.8 Å². The molecule has 3 rings (SSSR count). The second-order valence-electron chi connectivity index (χ2n) is 6.04. The first-order valence-corrected chi connectivity index (χ1v) is 8.67. The molecule has 0 aromatic heterocycles. The Kier molecular flexibility index (Phi) is 7.30. The lowest BCUT2D eigenvalue weighted by Gasteiger charge is -2.24. The Bertz CT molecular complexity index is 733. The highest BCUT2D eigenvalue weighted by atomic mass is 35.5. The van der Waals surface area contributed by atoms with Crippen molar-refractivity contribution in [2.45, 2.75) is 19.4 Å². The minimum Gasteiger partial charge on any atom is -0.490 e. The van der Waals surface area contributed by atoms with E-state index in [-0.39, 0.29) is 24.4 Å². The van der Waals surface area contributed by atoms with Crippen molar-refractivity contribution in [1.82, 2.24) is 10.2 Å². The van der Waals surface area contributed by atoms with Crippen LogP contribution in [0.3, 0.4) is 0 Å². The SMILES string of the molecule is CCOc1ccccc1Oc1ccccc1C(=O)N(C)C1CCNC1.Cl. The topological polar surface area (TPSA) is 50.8 Å². The molecule has 0 saturated carbocycles. The Balaban J connectivity index is 0.00000243. The first kappa shape index (κ1) is 20.1. The molecular weight excluding hydrogens is 352 g/mol. The molecule has 5 nitrogen and oxygen atoms in total. The van der Waals surface area contributed by atoms with E-state index in [4.69, 9.17) is 9.47 Å². The molecule has 0 radical (unpaired) electrons. The zero-order valence-corrected chi connectivity index (χ0v) is 15.9. The number of hydrogen-bond acceptors (Lipinski definition) is 4. The van der Waals surface area contributed by atoms with Gasteiger partial charge < -0.3 is 19.7 Å². The van der Waals surface area contributed by atoms with Crippen molar-refractivity contribution in [3.8, 4) is 17.2 Å². The maximum atomic E-state index is 12.9. The minimum atomic E-state index is -0.0295. The fraction of sp³-hybridized carbons (Fsp3) is 0.350. The zero-order chi connectivity index (χ0) is 17.6. The molecule has 0 spiro atoms. The third-order valence-electron chi connectivity index (χ3n) is 4.39. The van der Waals surface area contributed by atoms with Gasteiger partial charge >= 0.3 is 0 Å². The van der Waals surface area contributed by atoms with E-state index in [0.29, 0.717) is 29.4 Å². The summed E-state index contributed by atoms with van der Waals surface area (Å²) < 4.78 is 11.6. The van der Waals surface area contributed by atoms with Crippen molar-refractivity contribution in [2.24, 2.45) is 0 Å². The summed E-state index contributed by atoms with van der Waals surface area (Å²) >= 11 is 0. The monoisotopic (exact) mass is 376 g/mol. The van der Waals surface area contributed by atoms with Gasteiger partial charge in [-0.05, 0) is 44.2 Å². The third-order valence-corrected chi connectivity index (χ3v) is 4.39. The number of nitrogens with zero attached hydrogens (tertiary/aromatic N) is 1. The van der Waals surface area contributed by atoms with E-state index in [2.05, 4.69) is 5.32 Å². The molecule has 1 unspecified atom stereocenters. The average Bonchev–Trinajstić information content (AvgIpc) is 3.17. The number of rotatable bonds is 6. The van der Waals surface area contributed by atoms with Crippen LogP contribution in [0, 0.1) is 0 Å². The van der Waals surface area contributed by atoms with Crippen LogP contribution in [-0.2, 0) is 0 Å². The van der Waals surface area contributed by atoms with Crippen molar-refractivity contribution in [3.05, 3.63) is 54.1 Å². The van der Waals surface area contributed by atoms with Crippen molar-refractivity contribution in [3.63, 3.8) is 0 Å². The molecule has 1 aliphatic rings. The van der Waals surface area contributed by atoms with Crippen molar-refractivity contribution in [2.75, 3.05) is 26.7 Å². The molecule has 0 bridgehead atoms. The molecule has 2 aromatic carbocycles. The maximum absolute atomic E-state index is 12.9. The highest BCUT2D eigenvalue weighted by molar-refractivity contribution is 5.97. The number of benzene rings is 2. The average molecular weight is 377 g/mol. The Hall–Kier alpha value is -2.24. The molecule has 1 fully saturated rings. The molecule has 1 heterocycles. The molecule has 1 atom stereocenters. The second-order valence-corrected chi connectivity index (χ2v) is 6.04. The normalized spacial score (nSPS) is 15.8. The fourth-order valence-corrected chi connectivity index (χ4v) is 2.99. The van der Waals surface area contributed by atoms with Gasteiger partial charge in [-0.15, -0.1) is 12.4 Å². The van der Waals surface area contributed by atoms with E-state index in [1.165, 1.54) is 0 Å². The highest BCUT2D eigenvalue weighted by Gasteiger charge is 2.26. The van der Waals surface area contributed by atoms with E-state index < -0.39 is 0 Å². The van der Waals surface area contributed by atoms with Gasteiger partial charge in [-0.25, -0.2) is 0 Å².